The molecule has 0 fully saturated rings. The van der Waals surface area contributed by atoms with Crippen LogP contribution in [0.15, 0.2) is 128 Å². The van der Waals surface area contributed by atoms with E-state index in [1.807, 2.05) is 93.6 Å². The standard InChI is InChI=1S/3C12H10N.Ir/c3*1-10-6-5-9-13-12(10)11-7-3-2-4-8-11;/h3*2-5,7-9H,1H3;/q3*-1;+3. The van der Waals surface area contributed by atoms with Crippen LogP contribution < -0.4 is 0 Å². The van der Waals surface area contributed by atoms with Gasteiger partial charge in [0.15, 0.2) is 0 Å². The molecule has 3 aromatic heterocycles. The van der Waals surface area contributed by atoms with Crippen molar-refractivity contribution in [3.8, 4) is 33.8 Å². The molecule has 198 valence electrons. The molecule has 3 heterocycles. The van der Waals surface area contributed by atoms with E-state index in [0.29, 0.717) is 0 Å². The summed E-state index contributed by atoms with van der Waals surface area (Å²) in [4.78, 5) is 13.0. The molecule has 4 heteroatoms. The molecule has 0 spiro atoms. The zero-order valence-corrected chi connectivity index (χ0v) is 25.2. The van der Waals surface area contributed by atoms with Crippen LogP contribution in [-0.2, 0) is 20.1 Å². The Morgan fingerprint density at radius 2 is 0.650 bits per heavy atom. The molecule has 0 saturated heterocycles. The Labute approximate surface area is 251 Å². The van der Waals surface area contributed by atoms with Crippen molar-refractivity contribution in [3.63, 3.8) is 0 Å². The van der Waals surface area contributed by atoms with Crippen LogP contribution in [0, 0.1) is 39.0 Å². The number of hydrogen-bond acceptors (Lipinski definition) is 3. The third-order valence-corrected chi connectivity index (χ3v) is 5.94. The second-order valence-electron chi connectivity index (χ2n) is 8.79. The first kappa shape index (κ1) is 30.3. The summed E-state index contributed by atoms with van der Waals surface area (Å²) in [5.74, 6) is 0. The maximum Gasteiger partial charge on any atom is 3.00 e. The zero-order chi connectivity index (χ0) is 27.3. The minimum Gasteiger partial charge on any atom is -0.383 e. The molecule has 6 aromatic rings. The Morgan fingerprint density at radius 1 is 0.400 bits per heavy atom. The molecule has 0 bridgehead atoms. The SMILES string of the molecule is Cc1[c-]ccnc1-c1ccccc1.Cc1[c-]ccnc1-c1ccccc1.Cc1[c-]ccnc1-c1ccccc1.[Ir+3]. The number of nitrogens with zero attached hydrogens (tertiary/aromatic N) is 3. The largest absolute Gasteiger partial charge is 3.00 e. The van der Waals surface area contributed by atoms with E-state index in [2.05, 4.69) is 69.5 Å². The molecular weight excluding hydrogens is 667 g/mol. The first-order valence-corrected chi connectivity index (χ1v) is 12.8. The Kier molecular flexibility index (Phi) is 12.1. The molecule has 0 unspecified atom stereocenters. The Hall–Kier alpha value is -4.24. The third kappa shape index (κ3) is 8.64. The van der Waals surface area contributed by atoms with Gasteiger partial charge in [0, 0.05) is 0 Å². The fourth-order valence-electron chi connectivity index (χ4n) is 3.98. The molecule has 0 N–H and O–H groups in total. The van der Waals surface area contributed by atoms with Gasteiger partial charge in [0.05, 0.1) is 0 Å². The first-order chi connectivity index (χ1) is 19.1. The summed E-state index contributed by atoms with van der Waals surface area (Å²) in [6, 6.07) is 45.4. The molecule has 0 aliphatic heterocycles. The number of aryl methyl sites for hydroxylation is 3. The molecule has 0 saturated carbocycles. The summed E-state index contributed by atoms with van der Waals surface area (Å²) in [6.45, 7) is 6.07. The smallest absolute Gasteiger partial charge is 0.383 e. The van der Waals surface area contributed by atoms with Crippen LogP contribution in [0.25, 0.3) is 33.8 Å². The summed E-state index contributed by atoms with van der Waals surface area (Å²) in [5.41, 5.74) is 9.77. The minimum absolute atomic E-state index is 0. The van der Waals surface area contributed by atoms with Gasteiger partial charge in [0.25, 0.3) is 0 Å². The van der Waals surface area contributed by atoms with Gasteiger partial charge in [0.2, 0.25) is 0 Å². The molecule has 3 aromatic carbocycles. The molecule has 0 aliphatic carbocycles. The van der Waals surface area contributed by atoms with Gasteiger partial charge in [0.1, 0.15) is 0 Å². The van der Waals surface area contributed by atoms with E-state index in [-0.39, 0.29) is 20.1 Å². The summed E-state index contributed by atoms with van der Waals surface area (Å²) in [5, 5.41) is 0. The molecule has 0 radical (unpaired) electrons. The number of hydrogen-bond donors (Lipinski definition) is 0. The molecule has 6 rings (SSSR count). The summed E-state index contributed by atoms with van der Waals surface area (Å²) < 4.78 is 0. The van der Waals surface area contributed by atoms with Crippen LogP contribution in [0.1, 0.15) is 16.7 Å². The van der Waals surface area contributed by atoms with Crippen LogP contribution in [0.4, 0.5) is 0 Å². The van der Waals surface area contributed by atoms with Crippen molar-refractivity contribution >= 4 is 0 Å². The van der Waals surface area contributed by atoms with Crippen molar-refractivity contribution in [1.29, 1.82) is 0 Å². The summed E-state index contributed by atoms with van der Waals surface area (Å²) in [7, 11) is 0. The monoisotopic (exact) mass is 697 g/mol. The van der Waals surface area contributed by atoms with E-state index < -0.39 is 0 Å². The molecular formula is C36H30IrN3. The van der Waals surface area contributed by atoms with Gasteiger partial charge in [-0.1, -0.05) is 147 Å². The molecule has 0 amide bonds. The molecule has 3 nitrogen and oxygen atoms in total. The van der Waals surface area contributed by atoms with Gasteiger partial charge in [-0.3, -0.25) is 0 Å². The third-order valence-electron chi connectivity index (χ3n) is 5.94. The van der Waals surface area contributed by atoms with Crippen LogP contribution in [0.2, 0.25) is 0 Å². The predicted molar refractivity (Wildman–Crippen MR) is 160 cm³/mol. The average Bonchev–Trinajstić information content (AvgIpc) is 3.00. The van der Waals surface area contributed by atoms with Crippen molar-refractivity contribution in [2.24, 2.45) is 0 Å². The number of pyridine rings is 3. The van der Waals surface area contributed by atoms with Crippen LogP contribution >= 0.6 is 0 Å². The van der Waals surface area contributed by atoms with Gasteiger partial charge in [-0.25, -0.2) is 0 Å². The topological polar surface area (TPSA) is 38.7 Å². The Bertz CT molecular complexity index is 1380. The van der Waals surface area contributed by atoms with Crippen molar-refractivity contribution in [2.75, 3.05) is 0 Å². The van der Waals surface area contributed by atoms with Gasteiger partial charge in [-0.2, -0.15) is 36.4 Å². The second kappa shape index (κ2) is 16.0. The van der Waals surface area contributed by atoms with Crippen molar-refractivity contribution in [3.05, 3.63) is 163 Å². The Balaban J connectivity index is 0.000000163. The van der Waals surface area contributed by atoms with Crippen LogP contribution in [0.5, 0.6) is 0 Å². The molecule has 40 heavy (non-hydrogen) atoms. The van der Waals surface area contributed by atoms with E-state index in [9.17, 15) is 0 Å². The summed E-state index contributed by atoms with van der Waals surface area (Å²) in [6.07, 6.45) is 5.32. The van der Waals surface area contributed by atoms with Crippen molar-refractivity contribution in [2.45, 2.75) is 20.8 Å². The fraction of sp³-hybridized carbons (Fsp3) is 0.0833. The maximum absolute atomic E-state index is 4.32. The van der Waals surface area contributed by atoms with Crippen molar-refractivity contribution < 1.29 is 20.1 Å². The second-order valence-corrected chi connectivity index (χ2v) is 8.79. The summed E-state index contributed by atoms with van der Waals surface area (Å²) >= 11 is 0. The Morgan fingerprint density at radius 3 is 0.875 bits per heavy atom. The van der Waals surface area contributed by atoms with E-state index in [4.69, 9.17) is 0 Å². The molecule has 0 atom stereocenters. The molecule has 0 aliphatic rings. The minimum atomic E-state index is 0. The van der Waals surface area contributed by atoms with Crippen LogP contribution in [0.3, 0.4) is 0 Å². The zero-order valence-electron chi connectivity index (χ0n) is 22.8. The van der Waals surface area contributed by atoms with Gasteiger partial charge < -0.3 is 15.0 Å². The van der Waals surface area contributed by atoms with Gasteiger partial charge >= 0.3 is 20.1 Å². The number of rotatable bonds is 3. The number of benzene rings is 3. The quantitative estimate of drug-likeness (QED) is 0.174. The van der Waals surface area contributed by atoms with Gasteiger partial charge in [-0.15, -0.1) is 16.7 Å². The maximum atomic E-state index is 4.32. The van der Waals surface area contributed by atoms with E-state index in [1.54, 1.807) is 18.6 Å². The fourth-order valence-corrected chi connectivity index (χ4v) is 3.98. The van der Waals surface area contributed by atoms with Crippen molar-refractivity contribution in [1.82, 2.24) is 15.0 Å². The average molecular weight is 697 g/mol. The van der Waals surface area contributed by atoms with Gasteiger partial charge in [-0.05, 0) is 17.1 Å². The first-order valence-electron chi connectivity index (χ1n) is 12.8. The van der Waals surface area contributed by atoms with E-state index in [1.165, 1.54) is 0 Å². The van der Waals surface area contributed by atoms with Crippen LogP contribution in [-0.4, -0.2) is 15.0 Å². The van der Waals surface area contributed by atoms with E-state index >= 15 is 0 Å². The number of aromatic nitrogens is 3. The predicted octanol–water partition coefficient (Wildman–Crippen LogP) is 8.57. The normalized spacial score (nSPS) is 9.68. The van der Waals surface area contributed by atoms with E-state index in [0.717, 1.165) is 50.5 Å².